The van der Waals surface area contributed by atoms with Gasteiger partial charge >= 0.3 is 0 Å². The minimum Gasteiger partial charge on any atom is -0.393 e. The molecule has 0 fully saturated rings. The topological polar surface area (TPSA) is 27.4 Å². The number of nitrogens with zero attached hydrogens (tertiary/aromatic N) is 2. The summed E-state index contributed by atoms with van der Waals surface area (Å²) in [5.41, 5.74) is 2.44. The van der Waals surface area contributed by atoms with Gasteiger partial charge in [-0.15, -0.1) is 0 Å². The average Bonchev–Trinajstić information content (AvgIpc) is 2.75. The van der Waals surface area contributed by atoms with Gasteiger partial charge in [-0.05, 0) is 55.7 Å². The Balaban J connectivity index is 0.000000569. The fraction of sp³-hybridized carbons (Fsp3) is 0.686. The molecule has 2 rings (SSSR count). The van der Waals surface area contributed by atoms with E-state index in [-0.39, 0.29) is 11.5 Å². The molecular weight excluding hydrogens is 464 g/mol. The normalized spacial score (nSPS) is 14.7. The Kier molecular flexibility index (Phi) is 15.7. The summed E-state index contributed by atoms with van der Waals surface area (Å²) < 4.78 is 2.34. The van der Waals surface area contributed by atoms with Crippen molar-refractivity contribution < 1.29 is 9.67 Å². The maximum Gasteiger partial charge on any atom is 0.169 e. The summed E-state index contributed by atoms with van der Waals surface area (Å²) in [5, 5.41) is 8.89. The van der Waals surface area contributed by atoms with Crippen LogP contribution in [0.25, 0.3) is 0 Å². The van der Waals surface area contributed by atoms with Gasteiger partial charge < -0.3 is 10.0 Å². The highest BCUT2D eigenvalue weighted by atomic mass is 16.3. The third kappa shape index (κ3) is 18.5. The van der Waals surface area contributed by atoms with Crippen molar-refractivity contribution in [3.8, 4) is 0 Å². The van der Waals surface area contributed by atoms with Gasteiger partial charge in [-0.2, -0.15) is 0 Å². The third-order valence-electron chi connectivity index (χ3n) is 6.23. The van der Waals surface area contributed by atoms with Crippen molar-refractivity contribution in [3.63, 3.8) is 0 Å². The van der Waals surface area contributed by atoms with Crippen LogP contribution >= 0.6 is 0 Å². The van der Waals surface area contributed by atoms with Gasteiger partial charge in [-0.3, -0.25) is 0 Å². The maximum absolute atomic E-state index is 8.89. The molecule has 3 heteroatoms. The molecule has 1 heterocycles. The summed E-state index contributed by atoms with van der Waals surface area (Å²) in [6.07, 6.45) is 7.48. The molecule has 3 unspecified atom stereocenters. The van der Waals surface area contributed by atoms with Crippen LogP contribution in [-0.4, -0.2) is 30.2 Å². The predicted octanol–water partition coefficient (Wildman–Crippen LogP) is 9.14. The van der Waals surface area contributed by atoms with Crippen molar-refractivity contribution in [1.82, 2.24) is 4.90 Å². The summed E-state index contributed by atoms with van der Waals surface area (Å²) >= 11 is 0. The quantitative estimate of drug-likeness (QED) is 0.363. The molecule has 0 spiro atoms. The zero-order valence-corrected chi connectivity index (χ0v) is 27.5. The van der Waals surface area contributed by atoms with Gasteiger partial charge in [-0.25, -0.2) is 4.57 Å². The Labute approximate surface area is 237 Å². The van der Waals surface area contributed by atoms with E-state index in [1.165, 1.54) is 18.4 Å². The van der Waals surface area contributed by atoms with E-state index >= 15 is 0 Å². The molecule has 0 aliphatic carbocycles. The van der Waals surface area contributed by atoms with Crippen LogP contribution in [0, 0.1) is 22.2 Å². The molecule has 3 atom stereocenters. The number of pyridine rings is 1. The molecule has 0 saturated carbocycles. The van der Waals surface area contributed by atoms with Crippen LogP contribution in [0.5, 0.6) is 0 Å². The molecule has 0 aliphatic rings. The lowest BCUT2D eigenvalue weighted by Crippen LogP contribution is -2.43. The van der Waals surface area contributed by atoms with E-state index in [2.05, 4.69) is 161 Å². The summed E-state index contributed by atoms with van der Waals surface area (Å²) in [6, 6.07) is 18.2. The van der Waals surface area contributed by atoms with Crippen molar-refractivity contribution in [2.24, 2.45) is 22.2 Å². The van der Waals surface area contributed by atoms with Gasteiger partial charge in [0.1, 0.15) is 0 Å². The molecule has 3 nitrogen and oxygen atoms in total. The van der Waals surface area contributed by atoms with Crippen LogP contribution in [0.3, 0.4) is 0 Å². The van der Waals surface area contributed by atoms with Gasteiger partial charge in [0.2, 0.25) is 0 Å². The van der Waals surface area contributed by atoms with Crippen molar-refractivity contribution >= 4 is 0 Å². The average molecular weight is 528 g/mol. The zero-order valence-electron chi connectivity index (χ0n) is 27.5. The number of hydrogen-bond acceptors (Lipinski definition) is 2. The Morgan fingerprint density at radius 3 is 1.39 bits per heavy atom. The first-order valence-electron chi connectivity index (χ1n) is 14.6. The maximum atomic E-state index is 8.89. The number of aliphatic hydroxyl groups excluding tert-OH is 1. The Bertz CT molecular complexity index is 774. The van der Waals surface area contributed by atoms with E-state index in [1.54, 1.807) is 0 Å². The molecule has 218 valence electrons. The molecule has 0 amide bonds. The first kappa shape index (κ1) is 36.3. The van der Waals surface area contributed by atoms with Gasteiger partial charge in [0, 0.05) is 30.5 Å². The fourth-order valence-corrected chi connectivity index (χ4v) is 4.69. The second-order valence-corrected chi connectivity index (χ2v) is 15.2. The van der Waals surface area contributed by atoms with Crippen molar-refractivity contribution in [3.05, 3.63) is 66.5 Å². The Hall–Kier alpha value is -1.71. The van der Waals surface area contributed by atoms with Crippen LogP contribution in [0.2, 0.25) is 0 Å². The second kappa shape index (κ2) is 16.4. The molecule has 0 aliphatic heterocycles. The molecule has 1 N–H and O–H groups in total. The smallest absolute Gasteiger partial charge is 0.169 e. The minimum absolute atomic E-state index is 0.157. The summed E-state index contributed by atoms with van der Waals surface area (Å²) in [6.45, 7) is 26.6. The number of aliphatic hydroxyl groups is 1. The van der Waals surface area contributed by atoms with Crippen LogP contribution < -0.4 is 4.57 Å². The van der Waals surface area contributed by atoms with Gasteiger partial charge in [-0.1, -0.05) is 113 Å². The van der Waals surface area contributed by atoms with E-state index in [0.29, 0.717) is 28.8 Å². The van der Waals surface area contributed by atoms with Crippen molar-refractivity contribution in [1.29, 1.82) is 0 Å². The molecule has 2 aromatic rings. The molecule has 0 saturated heterocycles. The van der Waals surface area contributed by atoms with Gasteiger partial charge in [0.15, 0.2) is 18.4 Å². The van der Waals surface area contributed by atoms with Crippen LogP contribution in [0.1, 0.15) is 120 Å². The SMILES string of the molecule is CC(C)C(CC(C)(C)C)[n+]1ccccc1.CC(O)CC(C)(C)C.CN(C)C(CC(C)(C)C)c1ccccc1. The van der Waals surface area contributed by atoms with Gasteiger partial charge in [0.25, 0.3) is 0 Å². The summed E-state index contributed by atoms with van der Waals surface area (Å²) in [7, 11) is 4.31. The molecule has 1 aromatic heterocycles. The first-order valence-corrected chi connectivity index (χ1v) is 14.6. The molecule has 38 heavy (non-hydrogen) atoms. The number of rotatable bonds is 7. The molecule has 0 radical (unpaired) electrons. The lowest BCUT2D eigenvalue weighted by Gasteiger charge is -2.31. The van der Waals surface area contributed by atoms with Gasteiger partial charge in [0.05, 0.1) is 6.10 Å². The lowest BCUT2D eigenvalue weighted by atomic mass is 9.84. The van der Waals surface area contributed by atoms with Crippen molar-refractivity contribution in [2.75, 3.05) is 14.1 Å². The predicted molar refractivity (Wildman–Crippen MR) is 167 cm³/mol. The highest BCUT2D eigenvalue weighted by molar-refractivity contribution is 5.19. The first-order chi connectivity index (χ1) is 17.2. The number of aromatic nitrogens is 1. The van der Waals surface area contributed by atoms with E-state index in [0.717, 1.165) is 6.42 Å². The largest absolute Gasteiger partial charge is 0.393 e. The molecular formula is C35H63N2O+. The highest BCUT2D eigenvalue weighted by Gasteiger charge is 2.28. The van der Waals surface area contributed by atoms with E-state index in [9.17, 15) is 0 Å². The monoisotopic (exact) mass is 527 g/mol. The zero-order chi connectivity index (χ0) is 29.7. The van der Waals surface area contributed by atoms with Crippen LogP contribution in [0.4, 0.5) is 0 Å². The summed E-state index contributed by atoms with van der Waals surface area (Å²) in [5.74, 6) is 0.677. The lowest BCUT2D eigenvalue weighted by molar-refractivity contribution is -0.731. The molecule has 0 bridgehead atoms. The number of hydrogen-bond donors (Lipinski definition) is 1. The Morgan fingerprint density at radius 2 is 1.08 bits per heavy atom. The van der Waals surface area contributed by atoms with E-state index < -0.39 is 0 Å². The summed E-state index contributed by atoms with van der Waals surface area (Å²) in [4.78, 5) is 2.31. The van der Waals surface area contributed by atoms with Crippen molar-refractivity contribution in [2.45, 2.75) is 121 Å². The minimum atomic E-state index is -0.157. The molecule has 1 aromatic carbocycles. The number of benzene rings is 1. The fourth-order valence-electron chi connectivity index (χ4n) is 4.69. The highest BCUT2D eigenvalue weighted by Crippen LogP contribution is 2.32. The van der Waals surface area contributed by atoms with E-state index in [4.69, 9.17) is 5.11 Å². The van der Waals surface area contributed by atoms with Crippen LogP contribution in [0.15, 0.2) is 60.9 Å². The Morgan fingerprint density at radius 1 is 0.658 bits per heavy atom. The standard InChI is InChI=1S/C14H23N.C14H24N.C7H16O/c1-14(2,3)11-13(15(4)5)12-9-7-6-8-10-12;1-12(2)13(11-14(3,4)5)15-9-7-6-8-10-15;1-6(8)5-7(2,3)4/h6-10,13H,11H2,1-5H3;6-10,12-13H,11H2,1-5H3;6,8H,5H2,1-4H3/q;+1;. The third-order valence-corrected chi connectivity index (χ3v) is 6.23. The van der Waals surface area contributed by atoms with Crippen LogP contribution in [-0.2, 0) is 0 Å². The second-order valence-electron chi connectivity index (χ2n) is 15.2. The van der Waals surface area contributed by atoms with E-state index in [1.807, 2.05) is 6.92 Å².